The van der Waals surface area contributed by atoms with Gasteiger partial charge in [-0.25, -0.2) is 0 Å². The van der Waals surface area contributed by atoms with Gasteiger partial charge in [0.2, 0.25) is 0 Å². The molecular formula is C12H20O4. The quantitative estimate of drug-likeness (QED) is 0.679. The highest BCUT2D eigenvalue weighted by Crippen LogP contribution is 2.17. The van der Waals surface area contributed by atoms with Crippen LogP contribution < -0.4 is 0 Å². The number of hydrogen-bond donors (Lipinski definition) is 1. The van der Waals surface area contributed by atoms with Crippen LogP contribution in [0.15, 0.2) is 12.7 Å². The van der Waals surface area contributed by atoms with Gasteiger partial charge in [-0.1, -0.05) is 6.08 Å². The zero-order valence-corrected chi connectivity index (χ0v) is 9.56. The SMILES string of the molecule is C=C[C@@H](CCCC(=O)O)OC1CCCCO1. The van der Waals surface area contributed by atoms with Crippen LogP contribution in [0.3, 0.4) is 0 Å². The van der Waals surface area contributed by atoms with Crippen molar-refractivity contribution in [2.24, 2.45) is 0 Å². The molecule has 0 saturated carbocycles. The lowest BCUT2D eigenvalue weighted by atomic mass is 10.1. The van der Waals surface area contributed by atoms with Gasteiger partial charge in [0.05, 0.1) is 6.10 Å². The van der Waals surface area contributed by atoms with Crippen molar-refractivity contribution in [3.8, 4) is 0 Å². The average Bonchev–Trinajstić information content (AvgIpc) is 2.28. The van der Waals surface area contributed by atoms with Gasteiger partial charge in [0.25, 0.3) is 0 Å². The van der Waals surface area contributed by atoms with Crippen LogP contribution in [-0.4, -0.2) is 30.1 Å². The number of carboxylic acids is 1. The minimum Gasteiger partial charge on any atom is -0.481 e. The molecule has 0 aromatic heterocycles. The Hall–Kier alpha value is -0.870. The van der Waals surface area contributed by atoms with E-state index in [0.717, 1.165) is 25.9 Å². The minimum absolute atomic E-state index is 0.0950. The second-order valence-electron chi connectivity index (χ2n) is 3.99. The van der Waals surface area contributed by atoms with E-state index >= 15 is 0 Å². The van der Waals surface area contributed by atoms with E-state index in [9.17, 15) is 4.79 Å². The van der Waals surface area contributed by atoms with Gasteiger partial charge in [-0.3, -0.25) is 4.79 Å². The number of rotatable bonds is 7. The Labute approximate surface area is 96.2 Å². The van der Waals surface area contributed by atoms with Gasteiger partial charge in [-0.05, 0) is 32.1 Å². The summed E-state index contributed by atoms with van der Waals surface area (Å²) < 4.78 is 11.1. The molecule has 1 heterocycles. The molecule has 2 atom stereocenters. The minimum atomic E-state index is -0.767. The molecule has 1 fully saturated rings. The van der Waals surface area contributed by atoms with Gasteiger partial charge >= 0.3 is 5.97 Å². The molecule has 0 radical (unpaired) electrons. The van der Waals surface area contributed by atoms with Gasteiger partial charge in [-0.2, -0.15) is 0 Å². The van der Waals surface area contributed by atoms with E-state index in [0.29, 0.717) is 12.8 Å². The molecule has 16 heavy (non-hydrogen) atoms. The maximum atomic E-state index is 10.4. The molecule has 0 amide bonds. The number of carboxylic acid groups (broad SMARTS) is 1. The molecule has 0 aromatic rings. The summed E-state index contributed by atoms with van der Waals surface area (Å²) in [5.41, 5.74) is 0. The maximum absolute atomic E-state index is 10.4. The van der Waals surface area contributed by atoms with Gasteiger partial charge in [0.1, 0.15) is 0 Å². The highest BCUT2D eigenvalue weighted by atomic mass is 16.7. The van der Waals surface area contributed by atoms with Crippen LogP contribution in [0, 0.1) is 0 Å². The summed E-state index contributed by atoms with van der Waals surface area (Å²) in [6.07, 6.45) is 6.11. The van der Waals surface area contributed by atoms with Gasteiger partial charge in [0.15, 0.2) is 6.29 Å². The van der Waals surface area contributed by atoms with Gasteiger partial charge in [0, 0.05) is 13.0 Å². The summed E-state index contributed by atoms with van der Waals surface area (Å²) in [5.74, 6) is -0.767. The van der Waals surface area contributed by atoms with Crippen LogP contribution in [0.25, 0.3) is 0 Å². The van der Waals surface area contributed by atoms with Crippen LogP contribution >= 0.6 is 0 Å². The van der Waals surface area contributed by atoms with Gasteiger partial charge < -0.3 is 14.6 Å². The van der Waals surface area contributed by atoms with E-state index in [1.165, 1.54) is 0 Å². The van der Waals surface area contributed by atoms with E-state index < -0.39 is 5.97 Å². The lowest BCUT2D eigenvalue weighted by Gasteiger charge is -2.26. The molecule has 1 saturated heterocycles. The topological polar surface area (TPSA) is 55.8 Å². The highest BCUT2D eigenvalue weighted by Gasteiger charge is 2.17. The Morgan fingerprint density at radius 3 is 3.00 bits per heavy atom. The Morgan fingerprint density at radius 2 is 2.44 bits per heavy atom. The predicted molar refractivity (Wildman–Crippen MR) is 60.1 cm³/mol. The van der Waals surface area contributed by atoms with Crippen molar-refractivity contribution in [3.05, 3.63) is 12.7 Å². The summed E-state index contributed by atoms with van der Waals surface area (Å²) in [7, 11) is 0. The third kappa shape index (κ3) is 5.28. The third-order valence-electron chi connectivity index (χ3n) is 2.61. The smallest absolute Gasteiger partial charge is 0.303 e. The lowest BCUT2D eigenvalue weighted by Crippen LogP contribution is -2.27. The zero-order chi connectivity index (χ0) is 11.8. The molecule has 1 rings (SSSR count). The lowest BCUT2D eigenvalue weighted by molar-refractivity contribution is -0.179. The monoisotopic (exact) mass is 228 g/mol. The molecule has 1 aliphatic heterocycles. The average molecular weight is 228 g/mol. The molecule has 1 unspecified atom stereocenters. The molecular weight excluding hydrogens is 208 g/mol. The van der Waals surface area contributed by atoms with Crippen LogP contribution in [0.1, 0.15) is 38.5 Å². The van der Waals surface area contributed by atoms with E-state index in [2.05, 4.69) is 6.58 Å². The molecule has 4 nitrogen and oxygen atoms in total. The largest absolute Gasteiger partial charge is 0.481 e. The van der Waals surface area contributed by atoms with Crippen molar-refractivity contribution in [3.63, 3.8) is 0 Å². The number of ether oxygens (including phenoxy) is 2. The molecule has 0 aromatic carbocycles. The predicted octanol–water partition coefficient (Wildman–Crippen LogP) is 2.34. The first kappa shape index (κ1) is 13.2. The van der Waals surface area contributed by atoms with Crippen molar-refractivity contribution in [2.75, 3.05) is 6.61 Å². The number of hydrogen-bond acceptors (Lipinski definition) is 3. The normalized spacial score (nSPS) is 22.6. The van der Waals surface area contributed by atoms with Crippen LogP contribution in [0.2, 0.25) is 0 Å². The Kier molecular flexibility index (Phi) is 6.11. The zero-order valence-electron chi connectivity index (χ0n) is 9.56. The molecule has 92 valence electrons. The van der Waals surface area contributed by atoms with E-state index in [-0.39, 0.29) is 18.8 Å². The molecule has 0 spiro atoms. The van der Waals surface area contributed by atoms with E-state index in [1.54, 1.807) is 6.08 Å². The summed E-state index contributed by atoms with van der Waals surface area (Å²) in [4.78, 5) is 10.4. The second kappa shape index (κ2) is 7.41. The van der Waals surface area contributed by atoms with Crippen LogP contribution in [-0.2, 0) is 14.3 Å². The fraction of sp³-hybridized carbons (Fsp3) is 0.750. The molecule has 4 heteroatoms. The van der Waals surface area contributed by atoms with E-state index in [4.69, 9.17) is 14.6 Å². The van der Waals surface area contributed by atoms with E-state index in [1.807, 2.05) is 0 Å². The Morgan fingerprint density at radius 1 is 1.62 bits per heavy atom. The fourth-order valence-corrected chi connectivity index (χ4v) is 1.71. The summed E-state index contributed by atoms with van der Waals surface area (Å²) in [6.45, 7) is 4.45. The van der Waals surface area contributed by atoms with Crippen molar-refractivity contribution < 1.29 is 19.4 Å². The fourth-order valence-electron chi connectivity index (χ4n) is 1.71. The van der Waals surface area contributed by atoms with Crippen LogP contribution in [0.4, 0.5) is 0 Å². The standard InChI is InChI=1S/C12H20O4/c1-2-10(6-5-7-11(13)14)16-12-8-3-4-9-15-12/h2,10,12H,1,3-9H2,(H,13,14)/t10-,12?/m0/s1. The number of aliphatic carboxylic acids is 1. The molecule has 0 aliphatic carbocycles. The Balaban J connectivity index is 2.19. The van der Waals surface area contributed by atoms with Crippen molar-refractivity contribution >= 4 is 5.97 Å². The first-order chi connectivity index (χ1) is 7.72. The first-order valence-electron chi connectivity index (χ1n) is 5.84. The van der Waals surface area contributed by atoms with Gasteiger partial charge in [-0.15, -0.1) is 6.58 Å². The summed E-state index contributed by atoms with van der Waals surface area (Å²) >= 11 is 0. The molecule has 0 bridgehead atoms. The Bertz CT molecular complexity index is 221. The molecule has 1 N–H and O–H groups in total. The van der Waals surface area contributed by atoms with Crippen molar-refractivity contribution in [1.29, 1.82) is 0 Å². The second-order valence-corrected chi connectivity index (χ2v) is 3.99. The highest BCUT2D eigenvalue weighted by molar-refractivity contribution is 5.66. The summed E-state index contributed by atoms with van der Waals surface area (Å²) in [6, 6.07) is 0. The number of carbonyl (C=O) groups is 1. The summed E-state index contributed by atoms with van der Waals surface area (Å²) in [5, 5.41) is 8.53. The maximum Gasteiger partial charge on any atom is 0.303 e. The van der Waals surface area contributed by atoms with Crippen LogP contribution in [0.5, 0.6) is 0 Å². The third-order valence-corrected chi connectivity index (χ3v) is 2.61. The first-order valence-corrected chi connectivity index (χ1v) is 5.84. The van der Waals surface area contributed by atoms with Crippen molar-refractivity contribution in [1.82, 2.24) is 0 Å². The van der Waals surface area contributed by atoms with Crippen molar-refractivity contribution in [2.45, 2.75) is 50.9 Å². The molecule has 1 aliphatic rings.